The van der Waals surface area contributed by atoms with Gasteiger partial charge in [-0.3, -0.25) is 9.36 Å². The molecular weight excluding hydrogens is 276 g/mol. The second-order valence-electron chi connectivity index (χ2n) is 6.00. The average molecular weight is 298 g/mol. The van der Waals surface area contributed by atoms with Gasteiger partial charge in [0.1, 0.15) is 5.69 Å². The van der Waals surface area contributed by atoms with E-state index in [9.17, 15) is 4.79 Å². The standard InChI is InChI=1S/C17H22N4O/c1-13(18)14-6-5-9-20(11-14)17(22)16-10-19-12-21(16)15-7-3-2-4-8-15/h2-4,7-8,10,12-14H,5-6,9,11,18H2,1H3/t13-,14+/m0/s1. The van der Waals surface area contributed by atoms with Crippen LogP contribution in [0.2, 0.25) is 0 Å². The minimum absolute atomic E-state index is 0.0340. The van der Waals surface area contributed by atoms with Gasteiger partial charge < -0.3 is 10.6 Å². The van der Waals surface area contributed by atoms with Gasteiger partial charge in [-0.15, -0.1) is 0 Å². The molecule has 3 rings (SSSR count). The Morgan fingerprint density at radius 3 is 2.86 bits per heavy atom. The van der Waals surface area contributed by atoms with Crippen molar-refractivity contribution in [2.24, 2.45) is 11.7 Å². The lowest BCUT2D eigenvalue weighted by Gasteiger charge is -2.34. The predicted octanol–water partition coefficient (Wildman–Crippen LogP) is 2.07. The lowest BCUT2D eigenvalue weighted by Crippen LogP contribution is -2.45. The molecule has 0 spiro atoms. The first kappa shape index (κ1) is 14.8. The molecule has 1 aliphatic rings. The van der Waals surface area contributed by atoms with E-state index >= 15 is 0 Å². The number of rotatable bonds is 3. The van der Waals surface area contributed by atoms with Crippen LogP contribution in [0.3, 0.4) is 0 Å². The highest BCUT2D eigenvalue weighted by Gasteiger charge is 2.28. The SMILES string of the molecule is C[C@H](N)[C@@H]1CCCN(C(=O)c2cncn2-c2ccccc2)C1. The number of nitrogens with zero attached hydrogens (tertiary/aromatic N) is 3. The number of piperidine rings is 1. The molecule has 22 heavy (non-hydrogen) atoms. The van der Waals surface area contributed by atoms with Gasteiger partial charge in [-0.1, -0.05) is 18.2 Å². The van der Waals surface area contributed by atoms with E-state index in [-0.39, 0.29) is 11.9 Å². The van der Waals surface area contributed by atoms with Crippen molar-refractivity contribution in [3.05, 3.63) is 48.5 Å². The molecule has 1 aliphatic heterocycles. The second-order valence-corrected chi connectivity index (χ2v) is 6.00. The fourth-order valence-electron chi connectivity index (χ4n) is 3.03. The van der Waals surface area contributed by atoms with Gasteiger partial charge in [0.25, 0.3) is 5.91 Å². The van der Waals surface area contributed by atoms with Crippen LogP contribution in [0.25, 0.3) is 5.69 Å². The molecule has 2 N–H and O–H groups in total. The van der Waals surface area contributed by atoms with E-state index in [0.29, 0.717) is 11.6 Å². The number of carbonyl (C=O) groups excluding carboxylic acids is 1. The first-order valence-corrected chi connectivity index (χ1v) is 7.79. The first-order valence-electron chi connectivity index (χ1n) is 7.79. The number of hydrogen-bond acceptors (Lipinski definition) is 3. The van der Waals surface area contributed by atoms with Gasteiger partial charge in [0.15, 0.2) is 0 Å². The van der Waals surface area contributed by atoms with Crippen LogP contribution in [0.5, 0.6) is 0 Å². The zero-order valence-electron chi connectivity index (χ0n) is 12.9. The maximum Gasteiger partial charge on any atom is 0.272 e. The molecule has 0 aliphatic carbocycles. The summed E-state index contributed by atoms with van der Waals surface area (Å²) in [6.07, 6.45) is 5.44. The summed E-state index contributed by atoms with van der Waals surface area (Å²) in [4.78, 5) is 18.9. The van der Waals surface area contributed by atoms with Crippen LogP contribution in [-0.4, -0.2) is 39.5 Å². The number of para-hydroxylation sites is 1. The van der Waals surface area contributed by atoms with Gasteiger partial charge in [0, 0.05) is 24.8 Å². The summed E-state index contributed by atoms with van der Waals surface area (Å²) < 4.78 is 1.85. The van der Waals surface area contributed by atoms with Crippen molar-refractivity contribution in [3.8, 4) is 5.69 Å². The molecule has 0 saturated carbocycles. The number of benzene rings is 1. The zero-order chi connectivity index (χ0) is 15.5. The molecule has 2 atom stereocenters. The Morgan fingerprint density at radius 2 is 2.14 bits per heavy atom. The van der Waals surface area contributed by atoms with Crippen LogP contribution < -0.4 is 5.73 Å². The van der Waals surface area contributed by atoms with Crippen molar-refractivity contribution in [3.63, 3.8) is 0 Å². The largest absolute Gasteiger partial charge is 0.337 e. The van der Waals surface area contributed by atoms with Crippen molar-refractivity contribution in [2.75, 3.05) is 13.1 Å². The Morgan fingerprint density at radius 1 is 1.36 bits per heavy atom. The summed E-state index contributed by atoms with van der Waals surface area (Å²) in [6.45, 7) is 3.55. The van der Waals surface area contributed by atoms with Crippen molar-refractivity contribution < 1.29 is 4.79 Å². The number of imidazole rings is 1. The smallest absolute Gasteiger partial charge is 0.272 e. The van der Waals surface area contributed by atoms with E-state index in [1.165, 1.54) is 0 Å². The van der Waals surface area contributed by atoms with Crippen LogP contribution in [0, 0.1) is 5.92 Å². The summed E-state index contributed by atoms with van der Waals surface area (Å²) in [7, 11) is 0. The molecule has 2 heterocycles. The number of carbonyl (C=O) groups is 1. The molecule has 5 nitrogen and oxygen atoms in total. The maximum atomic E-state index is 12.8. The van der Waals surface area contributed by atoms with Crippen LogP contribution >= 0.6 is 0 Å². The predicted molar refractivity (Wildman–Crippen MR) is 85.8 cm³/mol. The fraction of sp³-hybridized carbons (Fsp3) is 0.412. The maximum absolute atomic E-state index is 12.8. The minimum Gasteiger partial charge on any atom is -0.337 e. The van der Waals surface area contributed by atoms with E-state index in [1.807, 2.05) is 46.7 Å². The molecule has 1 aromatic carbocycles. The lowest BCUT2D eigenvalue weighted by molar-refractivity contribution is 0.0653. The van der Waals surface area contributed by atoms with E-state index in [4.69, 9.17) is 5.73 Å². The Hall–Kier alpha value is -2.14. The second kappa shape index (κ2) is 6.32. The van der Waals surface area contributed by atoms with Crippen molar-refractivity contribution in [1.82, 2.24) is 14.5 Å². The quantitative estimate of drug-likeness (QED) is 0.943. The van der Waals surface area contributed by atoms with E-state index in [1.54, 1.807) is 12.5 Å². The minimum atomic E-state index is 0.0340. The van der Waals surface area contributed by atoms with Crippen molar-refractivity contribution in [1.29, 1.82) is 0 Å². The number of amides is 1. The molecule has 1 amide bonds. The third kappa shape index (κ3) is 2.90. The monoisotopic (exact) mass is 298 g/mol. The molecule has 0 bridgehead atoms. The summed E-state index contributed by atoms with van der Waals surface area (Å²) in [5.41, 5.74) is 7.57. The topological polar surface area (TPSA) is 64.2 Å². The Kier molecular flexibility index (Phi) is 4.24. The molecule has 116 valence electrons. The summed E-state index contributed by atoms with van der Waals surface area (Å²) in [5, 5.41) is 0. The highest BCUT2D eigenvalue weighted by atomic mass is 16.2. The fourth-order valence-corrected chi connectivity index (χ4v) is 3.03. The number of hydrogen-bond donors (Lipinski definition) is 1. The molecule has 1 aromatic heterocycles. The number of likely N-dealkylation sites (tertiary alicyclic amines) is 1. The Bertz CT molecular complexity index is 635. The molecule has 1 fully saturated rings. The zero-order valence-corrected chi connectivity index (χ0v) is 12.9. The molecule has 0 unspecified atom stereocenters. The van der Waals surface area contributed by atoms with Crippen molar-refractivity contribution >= 4 is 5.91 Å². The third-order valence-corrected chi connectivity index (χ3v) is 4.38. The molecule has 1 saturated heterocycles. The van der Waals surface area contributed by atoms with Crippen LogP contribution in [0.4, 0.5) is 0 Å². The molecular formula is C17H22N4O. The number of aromatic nitrogens is 2. The van der Waals surface area contributed by atoms with Gasteiger partial charge in [-0.2, -0.15) is 0 Å². The lowest BCUT2D eigenvalue weighted by atomic mass is 9.92. The van der Waals surface area contributed by atoms with Crippen LogP contribution in [0.15, 0.2) is 42.9 Å². The summed E-state index contributed by atoms with van der Waals surface area (Å²) in [6, 6.07) is 9.93. The summed E-state index contributed by atoms with van der Waals surface area (Å²) in [5.74, 6) is 0.414. The summed E-state index contributed by atoms with van der Waals surface area (Å²) >= 11 is 0. The van der Waals surface area contributed by atoms with Gasteiger partial charge in [0.2, 0.25) is 0 Å². The normalized spacial score (nSPS) is 19.9. The Labute approximate surface area is 130 Å². The van der Waals surface area contributed by atoms with Gasteiger partial charge in [-0.05, 0) is 37.8 Å². The van der Waals surface area contributed by atoms with Crippen LogP contribution in [0.1, 0.15) is 30.3 Å². The number of nitrogens with two attached hydrogens (primary N) is 1. The molecule has 2 aromatic rings. The van der Waals surface area contributed by atoms with Gasteiger partial charge in [0.05, 0.1) is 12.5 Å². The van der Waals surface area contributed by atoms with Crippen LogP contribution in [-0.2, 0) is 0 Å². The highest BCUT2D eigenvalue weighted by molar-refractivity contribution is 5.93. The van der Waals surface area contributed by atoms with Gasteiger partial charge >= 0.3 is 0 Å². The molecule has 0 radical (unpaired) electrons. The van der Waals surface area contributed by atoms with Gasteiger partial charge in [-0.25, -0.2) is 4.98 Å². The van der Waals surface area contributed by atoms with E-state index < -0.39 is 0 Å². The first-order chi connectivity index (χ1) is 10.7. The van der Waals surface area contributed by atoms with E-state index in [2.05, 4.69) is 4.98 Å². The van der Waals surface area contributed by atoms with E-state index in [0.717, 1.165) is 31.6 Å². The average Bonchev–Trinajstić information content (AvgIpc) is 3.04. The third-order valence-electron chi connectivity index (χ3n) is 4.38. The Balaban J connectivity index is 1.83. The van der Waals surface area contributed by atoms with Crippen molar-refractivity contribution in [2.45, 2.75) is 25.8 Å². The molecule has 5 heteroatoms. The highest BCUT2D eigenvalue weighted by Crippen LogP contribution is 2.21.